The van der Waals surface area contributed by atoms with Gasteiger partial charge in [-0.1, -0.05) is 6.07 Å². The lowest BCUT2D eigenvalue weighted by atomic mass is 9.99. The molecular weight excluding hydrogens is 247 g/mol. The van der Waals surface area contributed by atoms with E-state index in [-0.39, 0.29) is 5.82 Å². The zero-order valence-corrected chi connectivity index (χ0v) is 10.7. The van der Waals surface area contributed by atoms with Gasteiger partial charge in [-0.15, -0.1) is 0 Å². The van der Waals surface area contributed by atoms with Gasteiger partial charge in [-0.25, -0.2) is 14.8 Å². The van der Waals surface area contributed by atoms with Crippen molar-refractivity contribution < 1.29 is 9.13 Å². The molecule has 100 valence electrons. The Hall–Kier alpha value is -2.05. The predicted octanol–water partition coefficient (Wildman–Crippen LogP) is 1.49. The molecule has 0 bridgehead atoms. The van der Waals surface area contributed by atoms with Crippen molar-refractivity contribution in [2.75, 3.05) is 7.11 Å². The van der Waals surface area contributed by atoms with Crippen molar-refractivity contribution in [3.05, 3.63) is 53.2 Å². The third-order valence-electron chi connectivity index (χ3n) is 2.88. The highest BCUT2D eigenvalue weighted by molar-refractivity contribution is 5.37. The number of aryl methyl sites for hydroxylation is 1. The van der Waals surface area contributed by atoms with Crippen LogP contribution in [-0.2, 0) is 0 Å². The van der Waals surface area contributed by atoms with Gasteiger partial charge < -0.3 is 4.74 Å². The van der Waals surface area contributed by atoms with Crippen LogP contribution in [0, 0.1) is 12.7 Å². The van der Waals surface area contributed by atoms with Crippen LogP contribution in [0.2, 0.25) is 0 Å². The van der Waals surface area contributed by atoms with Crippen LogP contribution in [-0.4, -0.2) is 17.1 Å². The number of hydrogen-bond donors (Lipinski definition) is 2. The van der Waals surface area contributed by atoms with Gasteiger partial charge in [0.25, 0.3) is 0 Å². The lowest BCUT2D eigenvalue weighted by Gasteiger charge is -2.19. The van der Waals surface area contributed by atoms with Crippen LogP contribution in [0.15, 0.2) is 30.6 Å². The second-order valence-corrected chi connectivity index (χ2v) is 4.05. The number of hydrogen-bond acceptors (Lipinski definition) is 5. The summed E-state index contributed by atoms with van der Waals surface area (Å²) < 4.78 is 18.6. The van der Waals surface area contributed by atoms with Gasteiger partial charge in [0.15, 0.2) is 0 Å². The molecule has 1 aromatic carbocycles. The third-order valence-corrected chi connectivity index (χ3v) is 2.88. The summed E-state index contributed by atoms with van der Waals surface area (Å²) in [6.45, 7) is 1.88. The number of benzene rings is 1. The van der Waals surface area contributed by atoms with E-state index in [0.29, 0.717) is 17.1 Å². The fourth-order valence-electron chi connectivity index (χ4n) is 1.93. The van der Waals surface area contributed by atoms with Crippen LogP contribution in [0.4, 0.5) is 4.39 Å². The van der Waals surface area contributed by atoms with E-state index in [0.717, 1.165) is 5.56 Å². The highest BCUT2D eigenvalue weighted by Gasteiger charge is 2.21. The Morgan fingerprint density at radius 3 is 2.74 bits per heavy atom. The molecule has 1 aromatic heterocycles. The predicted molar refractivity (Wildman–Crippen MR) is 68.9 cm³/mol. The van der Waals surface area contributed by atoms with Gasteiger partial charge in [0.05, 0.1) is 13.2 Å². The van der Waals surface area contributed by atoms with Crippen molar-refractivity contribution >= 4 is 0 Å². The molecule has 1 atom stereocenters. The highest BCUT2D eigenvalue weighted by Crippen LogP contribution is 2.28. The number of rotatable bonds is 4. The molecule has 3 N–H and O–H groups in total. The fourth-order valence-corrected chi connectivity index (χ4v) is 1.93. The van der Waals surface area contributed by atoms with E-state index < -0.39 is 6.04 Å². The van der Waals surface area contributed by atoms with Crippen molar-refractivity contribution in [1.29, 1.82) is 0 Å². The number of methoxy groups -OCH3 is 1. The molecule has 0 amide bonds. The molecule has 0 spiro atoms. The Labute approximate surface area is 110 Å². The second-order valence-electron chi connectivity index (χ2n) is 4.05. The van der Waals surface area contributed by atoms with Crippen molar-refractivity contribution in [3.8, 4) is 5.88 Å². The number of hydrazine groups is 1. The molecule has 0 fully saturated rings. The number of nitrogens with two attached hydrogens (primary N) is 1. The number of ether oxygens (including phenoxy) is 1. The second kappa shape index (κ2) is 5.73. The Morgan fingerprint density at radius 1 is 1.32 bits per heavy atom. The van der Waals surface area contributed by atoms with Gasteiger partial charge in [0.2, 0.25) is 5.88 Å². The summed E-state index contributed by atoms with van der Waals surface area (Å²) in [6, 6.07) is 4.03. The molecule has 0 aliphatic carbocycles. The first-order valence-electron chi connectivity index (χ1n) is 5.74. The van der Waals surface area contributed by atoms with Gasteiger partial charge in [0.1, 0.15) is 11.5 Å². The highest BCUT2D eigenvalue weighted by atomic mass is 19.1. The average Bonchev–Trinajstić information content (AvgIpc) is 2.44. The van der Waals surface area contributed by atoms with Gasteiger partial charge in [-0.3, -0.25) is 10.8 Å². The lowest BCUT2D eigenvalue weighted by molar-refractivity contribution is 0.382. The first-order chi connectivity index (χ1) is 9.17. The lowest BCUT2D eigenvalue weighted by Crippen LogP contribution is -2.30. The smallest absolute Gasteiger partial charge is 0.237 e. The zero-order valence-electron chi connectivity index (χ0n) is 10.7. The van der Waals surface area contributed by atoms with E-state index in [9.17, 15) is 4.39 Å². The minimum absolute atomic E-state index is 0.330. The van der Waals surface area contributed by atoms with Gasteiger partial charge in [-0.2, -0.15) is 0 Å². The van der Waals surface area contributed by atoms with Crippen LogP contribution in [0.25, 0.3) is 0 Å². The Balaban J connectivity index is 2.53. The van der Waals surface area contributed by atoms with Crippen molar-refractivity contribution in [1.82, 2.24) is 15.4 Å². The Bertz CT molecular complexity index is 576. The fraction of sp³-hybridized carbons (Fsp3) is 0.231. The third kappa shape index (κ3) is 2.69. The molecule has 1 unspecified atom stereocenters. The first kappa shape index (κ1) is 13.4. The summed E-state index contributed by atoms with van der Waals surface area (Å²) in [7, 11) is 1.50. The van der Waals surface area contributed by atoms with Crippen molar-refractivity contribution in [3.63, 3.8) is 0 Å². The Kier molecular flexibility index (Phi) is 4.03. The number of aromatic nitrogens is 2. The van der Waals surface area contributed by atoms with E-state index in [4.69, 9.17) is 10.6 Å². The van der Waals surface area contributed by atoms with Crippen molar-refractivity contribution in [2.24, 2.45) is 5.84 Å². The van der Waals surface area contributed by atoms with Gasteiger partial charge in [-0.05, 0) is 30.2 Å². The summed E-state index contributed by atoms with van der Waals surface area (Å²) in [5.41, 5.74) is 4.74. The van der Waals surface area contributed by atoms with Crippen LogP contribution < -0.4 is 16.0 Å². The van der Waals surface area contributed by atoms with E-state index in [1.54, 1.807) is 6.07 Å². The van der Waals surface area contributed by atoms with Gasteiger partial charge in [0, 0.05) is 12.4 Å². The molecule has 1 heterocycles. The zero-order chi connectivity index (χ0) is 13.8. The summed E-state index contributed by atoms with van der Waals surface area (Å²) in [5, 5.41) is 0. The maximum atomic E-state index is 13.4. The molecule has 2 aromatic rings. The molecule has 0 aliphatic rings. The van der Waals surface area contributed by atoms with E-state index in [1.165, 1.54) is 31.6 Å². The van der Waals surface area contributed by atoms with E-state index in [1.807, 2.05) is 6.92 Å². The molecular formula is C13H15FN4O. The van der Waals surface area contributed by atoms with Crippen molar-refractivity contribution in [2.45, 2.75) is 13.0 Å². The molecule has 0 saturated heterocycles. The number of halogens is 1. The number of nitrogens with zero attached hydrogens (tertiary/aromatic N) is 2. The molecule has 6 heteroatoms. The van der Waals surface area contributed by atoms with Crippen LogP contribution in [0.3, 0.4) is 0 Å². The minimum Gasteiger partial charge on any atom is -0.480 e. The summed E-state index contributed by atoms with van der Waals surface area (Å²) >= 11 is 0. The maximum Gasteiger partial charge on any atom is 0.237 e. The normalized spacial score (nSPS) is 12.2. The van der Waals surface area contributed by atoms with E-state index >= 15 is 0 Å². The van der Waals surface area contributed by atoms with Gasteiger partial charge >= 0.3 is 0 Å². The molecule has 19 heavy (non-hydrogen) atoms. The summed E-state index contributed by atoms with van der Waals surface area (Å²) in [6.07, 6.45) is 3.06. The average molecular weight is 262 g/mol. The first-order valence-corrected chi connectivity index (χ1v) is 5.74. The van der Waals surface area contributed by atoms with E-state index in [2.05, 4.69) is 15.4 Å². The maximum absolute atomic E-state index is 13.4. The topological polar surface area (TPSA) is 73.1 Å². The molecule has 0 radical (unpaired) electrons. The van der Waals surface area contributed by atoms with Crippen LogP contribution in [0.5, 0.6) is 5.88 Å². The molecule has 2 rings (SSSR count). The SMILES string of the molecule is COc1nccnc1C(NN)c1cc(F)ccc1C. The molecule has 0 saturated carbocycles. The number of nitrogens with one attached hydrogen (secondary N) is 1. The summed E-state index contributed by atoms with van der Waals surface area (Å²) in [4.78, 5) is 8.29. The summed E-state index contributed by atoms with van der Waals surface area (Å²) in [5.74, 6) is 5.61. The quantitative estimate of drug-likeness (QED) is 0.645. The Morgan fingerprint density at radius 2 is 2.05 bits per heavy atom. The van der Waals surface area contributed by atoms with Crippen LogP contribution in [0.1, 0.15) is 22.9 Å². The molecule has 0 aliphatic heterocycles. The monoisotopic (exact) mass is 262 g/mol. The van der Waals surface area contributed by atoms with Crippen LogP contribution >= 0.6 is 0 Å². The molecule has 5 nitrogen and oxygen atoms in total. The standard InChI is InChI=1S/C13H15FN4O/c1-8-3-4-9(14)7-10(8)11(18-15)12-13(19-2)17-6-5-16-12/h3-7,11,18H,15H2,1-2H3. The minimum atomic E-state index is -0.487. The largest absolute Gasteiger partial charge is 0.480 e.